The Morgan fingerprint density at radius 3 is 1.17 bits per heavy atom. The molecule has 41 heavy (non-hydrogen) atoms. The highest BCUT2D eigenvalue weighted by molar-refractivity contribution is 8.31. The van der Waals surface area contributed by atoms with Gasteiger partial charge in [-0.05, 0) is 12.1 Å². The molecule has 0 saturated carbocycles. The lowest BCUT2D eigenvalue weighted by Crippen LogP contribution is -2.74. The van der Waals surface area contributed by atoms with Crippen LogP contribution in [0.4, 0.5) is 83.4 Å². The number of hydrogen-bond donors (Lipinski definition) is 0. The maximum Gasteiger partial charge on any atom is 0.460 e. The molecule has 0 N–H and O–H groups in total. The number of ether oxygens (including phenoxy) is 1. The minimum Gasteiger partial charge on any atom is -0.430 e. The van der Waals surface area contributed by atoms with Gasteiger partial charge in [0.05, 0.1) is 0 Å². The first-order valence-electron chi connectivity index (χ1n) is 8.80. The smallest absolute Gasteiger partial charge is 0.430 e. The summed E-state index contributed by atoms with van der Waals surface area (Å²) in [5.41, 5.74) is 0. The highest BCUT2D eigenvalue weighted by Gasteiger charge is 2.95. The van der Waals surface area contributed by atoms with Crippen molar-refractivity contribution in [1.82, 2.24) is 0 Å². The average molecular weight is 709 g/mol. The van der Waals surface area contributed by atoms with Crippen LogP contribution in [0.5, 0.6) is 5.75 Å². The molecule has 0 heterocycles. The van der Waals surface area contributed by atoms with Gasteiger partial charge >= 0.3 is 61.9 Å². The van der Waals surface area contributed by atoms with Gasteiger partial charge in [0, 0.05) is 21.4 Å². The van der Waals surface area contributed by atoms with Gasteiger partial charge in [-0.25, -0.2) is 0 Å². The Bertz CT molecular complexity index is 1190. The fraction of sp³-hybridized carbons (Fsp3) is 0.500. The van der Waals surface area contributed by atoms with E-state index < -0.39 is 73.5 Å². The fourth-order valence-corrected chi connectivity index (χ4v) is 2.06. The van der Waals surface area contributed by atoms with Crippen LogP contribution in [-0.4, -0.2) is 56.1 Å². The molecule has 0 fully saturated rings. The first-order valence-corrected chi connectivity index (χ1v) is 11.9. The monoisotopic (exact) mass is 708 g/mol. The van der Waals surface area contributed by atoms with Crippen LogP contribution in [0.1, 0.15) is 0 Å². The van der Waals surface area contributed by atoms with Gasteiger partial charge in [-0.2, -0.15) is 91.8 Å². The van der Waals surface area contributed by atoms with Gasteiger partial charge in [-0.1, -0.05) is 18.2 Å². The third-order valence-electron chi connectivity index (χ3n) is 4.12. The number of hydrogen-bond acceptors (Lipinski definition) is 3. The Balaban J connectivity index is 0.00000292. The predicted octanol–water partition coefficient (Wildman–Crippen LogP) is 8.89. The highest BCUT2D eigenvalue weighted by Crippen LogP contribution is 2.64. The van der Waals surface area contributed by atoms with Crippen molar-refractivity contribution in [3.63, 3.8) is 0 Å². The Kier molecular flexibility index (Phi) is 11.0. The zero-order chi connectivity index (χ0) is 33.5. The molecule has 0 unspecified atom stereocenters. The summed E-state index contributed by atoms with van der Waals surface area (Å²) in [4.78, 5) is 0. The standard InChI is InChI=1S/C16H5F19O.Cl2O2S/c17-7(8(18)36-6-4-2-1-3-5-6)9(19,20)10(21,22)11(23,24)12(25,26)13(27,28)14(29,30)15(31,32)16(33,34)35;1-5(2,3)4/h1-5H;. The van der Waals surface area contributed by atoms with Crippen molar-refractivity contribution in [3.8, 4) is 5.75 Å². The number of alkyl halides is 17. The van der Waals surface area contributed by atoms with Crippen LogP contribution in [0.25, 0.3) is 0 Å². The van der Waals surface area contributed by atoms with E-state index in [1.165, 1.54) is 0 Å². The average Bonchev–Trinajstić information content (AvgIpc) is 2.76. The van der Waals surface area contributed by atoms with Crippen LogP contribution in [0.3, 0.4) is 0 Å². The molecular weight excluding hydrogens is 704 g/mol. The van der Waals surface area contributed by atoms with Crippen molar-refractivity contribution >= 4 is 29.6 Å². The van der Waals surface area contributed by atoms with Crippen molar-refractivity contribution in [1.29, 1.82) is 0 Å². The van der Waals surface area contributed by atoms with Crippen LogP contribution in [0.15, 0.2) is 42.2 Å². The number of para-hydroxylation sites is 1. The number of allylic oxidation sites excluding steroid dienone is 1. The van der Waals surface area contributed by atoms with E-state index in [0.29, 0.717) is 12.1 Å². The van der Waals surface area contributed by atoms with Crippen LogP contribution in [0.2, 0.25) is 0 Å². The number of rotatable bonds is 9. The molecule has 1 aromatic carbocycles. The zero-order valence-electron chi connectivity index (χ0n) is 18.0. The maximum atomic E-state index is 13.6. The van der Waals surface area contributed by atoms with Gasteiger partial charge in [0.1, 0.15) is 5.75 Å². The molecule has 0 aliphatic heterocycles. The minimum absolute atomic E-state index is 0.579. The maximum absolute atomic E-state index is 13.6. The third kappa shape index (κ3) is 7.13. The molecule has 25 heteroatoms. The lowest BCUT2D eigenvalue weighted by atomic mass is 9.88. The normalized spacial score (nSPS) is 15.5. The van der Waals surface area contributed by atoms with Crippen LogP contribution < -0.4 is 4.74 Å². The molecule has 0 radical (unpaired) electrons. The summed E-state index contributed by atoms with van der Waals surface area (Å²) in [6, 6.07) is 0.465. The number of halogens is 21. The first kappa shape index (κ1) is 39.0. The largest absolute Gasteiger partial charge is 0.460 e. The first-order chi connectivity index (χ1) is 17.7. The molecule has 1 aromatic rings. The predicted molar refractivity (Wildman–Crippen MR) is 97.6 cm³/mol. The molecule has 240 valence electrons. The molecule has 0 aliphatic rings. The summed E-state index contributed by atoms with van der Waals surface area (Å²) < 4.78 is 271. The molecule has 1 rings (SSSR count). The van der Waals surface area contributed by atoms with E-state index in [2.05, 4.69) is 26.1 Å². The molecule has 0 bridgehead atoms. The molecule has 3 nitrogen and oxygen atoms in total. The van der Waals surface area contributed by atoms with Gasteiger partial charge in [-0.3, -0.25) is 0 Å². The second-order valence-electron chi connectivity index (χ2n) is 6.90. The Morgan fingerprint density at radius 1 is 0.561 bits per heavy atom. The second-order valence-corrected chi connectivity index (χ2v) is 10.6. The molecule has 0 amide bonds. The van der Waals surface area contributed by atoms with E-state index in [-0.39, 0.29) is 0 Å². The van der Waals surface area contributed by atoms with E-state index in [1.807, 2.05) is 0 Å². The summed E-state index contributed by atoms with van der Waals surface area (Å²) in [5, 5.41) is 0. The fourth-order valence-electron chi connectivity index (χ4n) is 2.06. The topological polar surface area (TPSA) is 43.4 Å². The quantitative estimate of drug-likeness (QED) is 0.146. The van der Waals surface area contributed by atoms with Gasteiger partial charge in [-0.15, -0.1) is 0 Å². The summed E-state index contributed by atoms with van der Waals surface area (Å²) in [5.74, 6) is -65.2. The van der Waals surface area contributed by atoms with Crippen molar-refractivity contribution in [3.05, 3.63) is 42.2 Å². The highest BCUT2D eigenvalue weighted by atomic mass is 36.0. The van der Waals surface area contributed by atoms with E-state index in [4.69, 9.17) is 8.42 Å². The van der Waals surface area contributed by atoms with Gasteiger partial charge in [0.2, 0.25) is 5.83 Å². The molecule has 0 aliphatic carbocycles. The van der Waals surface area contributed by atoms with Gasteiger partial charge in [0.15, 0.2) is 0 Å². The Labute approximate surface area is 222 Å². The van der Waals surface area contributed by atoms with Crippen LogP contribution in [-0.2, 0) is 8.26 Å². The zero-order valence-corrected chi connectivity index (χ0v) is 20.3. The minimum atomic E-state index is -8.90. The van der Waals surface area contributed by atoms with Crippen molar-refractivity contribution in [2.45, 2.75) is 47.6 Å². The van der Waals surface area contributed by atoms with E-state index in [9.17, 15) is 83.4 Å². The van der Waals surface area contributed by atoms with Crippen LogP contribution >= 0.6 is 21.4 Å². The van der Waals surface area contributed by atoms with E-state index in [0.717, 1.165) is 18.2 Å². The van der Waals surface area contributed by atoms with E-state index in [1.54, 1.807) is 0 Å². The summed E-state index contributed by atoms with van der Waals surface area (Å²) in [6.45, 7) is 0. The van der Waals surface area contributed by atoms with Gasteiger partial charge in [0.25, 0.3) is 0 Å². The molecule has 0 aromatic heterocycles. The summed E-state index contributed by atoms with van der Waals surface area (Å²) in [6.07, 6.45) is -7.90. The Morgan fingerprint density at radius 2 is 0.854 bits per heavy atom. The Hall–Kier alpha value is -2.04. The SMILES string of the molecule is FC(Oc1ccccc1)=C(F)C(F)(F)C(F)(F)C(F)(F)C(F)(F)C(F)(F)C(F)(F)C(F)(F)C(F)(F)F.O=S(=O)(Cl)Cl. The number of benzene rings is 1. The summed E-state index contributed by atoms with van der Waals surface area (Å²) in [7, 11) is 4.81. The lowest BCUT2D eigenvalue weighted by Gasteiger charge is -2.42. The van der Waals surface area contributed by atoms with Gasteiger partial charge < -0.3 is 4.74 Å². The lowest BCUT2D eigenvalue weighted by molar-refractivity contribution is -0.460. The molecule has 0 spiro atoms. The third-order valence-corrected chi connectivity index (χ3v) is 4.12. The van der Waals surface area contributed by atoms with Crippen molar-refractivity contribution in [2.75, 3.05) is 0 Å². The summed E-state index contributed by atoms with van der Waals surface area (Å²) >= 11 is 0. The molecule has 0 atom stereocenters. The van der Waals surface area contributed by atoms with Crippen molar-refractivity contribution in [2.24, 2.45) is 0 Å². The van der Waals surface area contributed by atoms with Crippen molar-refractivity contribution < 1.29 is 96.6 Å². The molecular formula is C16H5Cl2F19O3S. The van der Waals surface area contributed by atoms with Crippen LogP contribution in [0, 0.1) is 0 Å². The van der Waals surface area contributed by atoms with E-state index >= 15 is 0 Å². The second kappa shape index (κ2) is 11.6. The molecule has 0 saturated heterocycles.